The summed E-state index contributed by atoms with van der Waals surface area (Å²) >= 11 is 0. The molecule has 5 heteroatoms. The van der Waals surface area contributed by atoms with Crippen LogP contribution in [0.25, 0.3) is 0 Å². The van der Waals surface area contributed by atoms with Crippen LogP contribution in [-0.2, 0) is 14.9 Å². The lowest BCUT2D eigenvalue weighted by Gasteiger charge is -2.36. The molecule has 26 heavy (non-hydrogen) atoms. The summed E-state index contributed by atoms with van der Waals surface area (Å²) in [5.74, 6) is 0.846. The third-order valence-corrected chi connectivity index (χ3v) is 4.49. The first-order valence-corrected chi connectivity index (χ1v) is 9.61. The van der Waals surface area contributed by atoms with Crippen molar-refractivity contribution in [1.82, 2.24) is 4.90 Å². The van der Waals surface area contributed by atoms with Gasteiger partial charge in [-0.05, 0) is 37.0 Å². The predicted octanol–water partition coefficient (Wildman–Crippen LogP) is 2.85. The maximum absolute atomic E-state index is 10.1. The monoisotopic (exact) mass is 365 g/mol. The van der Waals surface area contributed by atoms with E-state index in [-0.39, 0.29) is 17.6 Å². The predicted molar refractivity (Wildman–Crippen MR) is 104 cm³/mol. The first-order valence-electron chi connectivity index (χ1n) is 9.61. The van der Waals surface area contributed by atoms with Crippen LogP contribution in [0.4, 0.5) is 0 Å². The van der Waals surface area contributed by atoms with Gasteiger partial charge in [-0.15, -0.1) is 0 Å². The van der Waals surface area contributed by atoms with Gasteiger partial charge in [0.15, 0.2) is 0 Å². The number of β-amino-alcohol motifs (C(OH)–C–C–N with tert-alkyl or cyclic N) is 1. The smallest absolute Gasteiger partial charge is 0.119 e. The van der Waals surface area contributed by atoms with E-state index in [9.17, 15) is 5.11 Å². The number of aliphatic hydroxyl groups is 1. The fourth-order valence-electron chi connectivity index (χ4n) is 3.27. The Balaban J connectivity index is 1.60. The van der Waals surface area contributed by atoms with Gasteiger partial charge in [-0.3, -0.25) is 4.90 Å². The van der Waals surface area contributed by atoms with Crippen molar-refractivity contribution in [3.8, 4) is 5.75 Å². The zero-order chi connectivity index (χ0) is 19.2. The molecule has 1 saturated heterocycles. The fourth-order valence-corrected chi connectivity index (χ4v) is 3.27. The van der Waals surface area contributed by atoms with Crippen molar-refractivity contribution in [2.75, 3.05) is 39.5 Å². The first-order chi connectivity index (χ1) is 12.2. The summed E-state index contributed by atoms with van der Waals surface area (Å²) in [6, 6.07) is 8.20. The number of hydrogen-bond donors (Lipinski definition) is 1. The Labute approximate surface area is 158 Å². The van der Waals surface area contributed by atoms with Crippen molar-refractivity contribution in [3.05, 3.63) is 29.8 Å². The Kier molecular flexibility index (Phi) is 7.89. The van der Waals surface area contributed by atoms with Crippen molar-refractivity contribution in [2.24, 2.45) is 0 Å². The lowest BCUT2D eigenvalue weighted by Crippen LogP contribution is -2.48. The molecule has 0 radical (unpaired) electrons. The molecule has 1 aliphatic rings. The maximum atomic E-state index is 10.1. The molecule has 1 N–H and O–H groups in total. The Morgan fingerprint density at radius 1 is 1.12 bits per heavy atom. The molecule has 1 aromatic rings. The second kappa shape index (κ2) is 9.70. The molecular weight excluding hydrogens is 330 g/mol. The van der Waals surface area contributed by atoms with Gasteiger partial charge in [-0.25, -0.2) is 0 Å². The zero-order valence-corrected chi connectivity index (χ0v) is 16.9. The van der Waals surface area contributed by atoms with Crippen molar-refractivity contribution >= 4 is 0 Å². The first kappa shape index (κ1) is 21.2. The molecule has 0 spiro atoms. The lowest BCUT2D eigenvalue weighted by atomic mass is 9.87. The standard InChI is InChI=1S/C21H35NO4/c1-16-12-22(13-17(2)26-16)14-19(23)15-24-10-11-25-20-8-6-18(7-9-20)21(3,4)5/h6-9,16-17,19,23H,10-15H2,1-5H3. The third kappa shape index (κ3) is 7.23. The number of ether oxygens (including phenoxy) is 3. The van der Waals surface area contributed by atoms with Crippen molar-refractivity contribution in [2.45, 2.75) is 58.3 Å². The number of benzene rings is 1. The molecule has 0 saturated carbocycles. The molecule has 1 heterocycles. The van der Waals surface area contributed by atoms with Crippen LogP contribution in [0, 0.1) is 0 Å². The van der Waals surface area contributed by atoms with Gasteiger partial charge in [0.25, 0.3) is 0 Å². The highest BCUT2D eigenvalue weighted by atomic mass is 16.5. The van der Waals surface area contributed by atoms with Gasteiger partial charge in [-0.1, -0.05) is 32.9 Å². The van der Waals surface area contributed by atoms with Gasteiger partial charge in [-0.2, -0.15) is 0 Å². The topological polar surface area (TPSA) is 51.2 Å². The Morgan fingerprint density at radius 2 is 1.73 bits per heavy atom. The third-order valence-electron chi connectivity index (χ3n) is 4.49. The molecule has 2 rings (SSSR count). The fraction of sp³-hybridized carbons (Fsp3) is 0.714. The van der Waals surface area contributed by atoms with Gasteiger partial charge < -0.3 is 19.3 Å². The van der Waals surface area contributed by atoms with E-state index in [0.717, 1.165) is 18.8 Å². The van der Waals surface area contributed by atoms with E-state index in [1.165, 1.54) is 5.56 Å². The van der Waals surface area contributed by atoms with E-state index in [0.29, 0.717) is 26.4 Å². The molecule has 1 aromatic carbocycles. The van der Waals surface area contributed by atoms with Gasteiger partial charge >= 0.3 is 0 Å². The van der Waals surface area contributed by atoms with Crippen molar-refractivity contribution < 1.29 is 19.3 Å². The van der Waals surface area contributed by atoms with E-state index in [4.69, 9.17) is 14.2 Å². The van der Waals surface area contributed by atoms with Crippen LogP contribution in [0.2, 0.25) is 0 Å². The normalized spacial score (nSPS) is 23.0. The molecule has 0 aliphatic carbocycles. The Hall–Kier alpha value is -1.14. The summed E-state index contributed by atoms with van der Waals surface area (Å²) in [5, 5.41) is 10.1. The van der Waals surface area contributed by atoms with Crippen LogP contribution in [0.5, 0.6) is 5.75 Å². The van der Waals surface area contributed by atoms with E-state index in [1.54, 1.807) is 0 Å². The highest BCUT2D eigenvalue weighted by Crippen LogP contribution is 2.24. The summed E-state index contributed by atoms with van der Waals surface area (Å²) in [7, 11) is 0. The Bertz CT molecular complexity index is 516. The average Bonchev–Trinajstić information content (AvgIpc) is 2.53. The quantitative estimate of drug-likeness (QED) is 0.718. The summed E-state index contributed by atoms with van der Waals surface area (Å²) in [5.41, 5.74) is 1.43. The molecule has 0 amide bonds. The largest absolute Gasteiger partial charge is 0.491 e. The van der Waals surface area contributed by atoms with Crippen molar-refractivity contribution in [1.29, 1.82) is 0 Å². The highest BCUT2D eigenvalue weighted by molar-refractivity contribution is 5.31. The minimum Gasteiger partial charge on any atom is -0.491 e. The lowest BCUT2D eigenvalue weighted by molar-refractivity contribution is -0.0824. The van der Waals surface area contributed by atoms with Crippen LogP contribution >= 0.6 is 0 Å². The second-order valence-electron chi connectivity index (χ2n) is 8.33. The van der Waals surface area contributed by atoms with Crippen LogP contribution in [0.3, 0.4) is 0 Å². The minimum atomic E-state index is -0.487. The highest BCUT2D eigenvalue weighted by Gasteiger charge is 2.23. The summed E-state index contributed by atoms with van der Waals surface area (Å²) in [4.78, 5) is 2.24. The average molecular weight is 366 g/mol. The molecule has 148 valence electrons. The molecule has 1 fully saturated rings. The Morgan fingerprint density at radius 3 is 2.31 bits per heavy atom. The number of rotatable bonds is 8. The van der Waals surface area contributed by atoms with Crippen LogP contribution in [0.15, 0.2) is 24.3 Å². The molecule has 3 atom stereocenters. The van der Waals surface area contributed by atoms with Crippen LogP contribution < -0.4 is 4.74 Å². The SMILES string of the molecule is CC1CN(CC(O)COCCOc2ccc(C(C)(C)C)cc2)CC(C)O1. The number of hydrogen-bond acceptors (Lipinski definition) is 5. The van der Waals surface area contributed by atoms with E-state index < -0.39 is 6.10 Å². The number of nitrogens with zero attached hydrogens (tertiary/aromatic N) is 1. The van der Waals surface area contributed by atoms with E-state index >= 15 is 0 Å². The summed E-state index contributed by atoms with van der Waals surface area (Å²) < 4.78 is 17.0. The molecule has 0 bridgehead atoms. The zero-order valence-electron chi connectivity index (χ0n) is 16.9. The number of morpholine rings is 1. The van der Waals surface area contributed by atoms with Crippen LogP contribution in [-0.4, -0.2) is 67.8 Å². The summed E-state index contributed by atoms with van der Waals surface area (Å²) in [6.45, 7) is 14.3. The molecule has 0 aromatic heterocycles. The molecule has 1 aliphatic heterocycles. The van der Waals surface area contributed by atoms with Gasteiger partial charge in [0.1, 0.15) is 12.4 Å². The minimum absolute atomic E-state index is 0.147. The van der Waals surface area contributed by atoms with Gasteiger partial charge in [0.2, 0.25) is 0 Å². The van der Waals surface area contributed by atoms with E-state index in [2.05, 4.69) is 51.7 Å². The van der Waals surface area contributed by atoms with Crippen LogP contribution in [0.1, 0.15) is 40.2 Å². The number of aliphatic hydroxyl groups excluding tert-OH is 1. The molecule has 5 nitrogen and oxygen atoms in total. The molecular formula is C21H35NO4. The van der Waals surface area contributed by atoms with E-state index in [1.807, 2.05) is 12.1 Å². The summed E-state index contributed by atoms with van der Waals surface area (Å²) in [6.07, 6.45) is -0.0616. The molecule has 3 unspecified atom stereocenters. The second-order valence-corrected chi connectivity index (χ2v) is 8.33. The van der Waals surface area contributed by atoms with Gasteiger partial charge in [0, 0.05) is 19.6 Å². The van der Waals surface area contributed by atoms with Crippen molar-refractivity contribution in [3.63, 3.8) is 0 Å². The van der Waals surface area contributed by atoms with Gasteiger partial charge in [0.05, 0.1) is 31.5 Å². The maximum Gasteiger partial charge on any atom is 0.119 e.